The standard InChI is InChI=1S/C15H13FN4O3S/c1-18-12-11(13(22)19(2)15(18)23)20(14(24)17-12)7-10(21)8-3-5-9(16)6-4-8/h3-6H,7H2,1-2H3,(H,17,24). The quantitative estimate of drug-likeness (QED) is 0.568. The van der Waals surface area contributed by atoms with Crippen LogP contribution in [0.5, 0.6) is 0 Å². The largest absolute Gasteiger partial charge is 0.332 e. The fraction of sp³-hybridized carbons (Fsp3) is 0.200. The molecule has 7 nitrogen and oxygen atoms in total. The van der Waals surface area contributed by atoms with Gasteiger partial charge in [-0.1, -0.05) is 0 Å². The number of benzene rings is 1. The van der Waals surface area contributed by atoms with E-state index in [2.05, 4.69) is 4.98 Å². The number of carbonyl (C=O) groups is 1. The summed E-state index contributed by atoms with van der Waals surface area (Å²) in [5.74, 6) is -0.776. The zero-order chi connectivity index (χ0) is 17.6. The van der Waals surface area contributed by atoms with E-state index < -0.39 is 17.1 Å². The number of ketones is 1. The zero-order valence-corrected chi connectivity index (χ0v) is 13.7. The summed E-state index contributed by atoms with van der Waals surface area (Å²) in [5.41, 5.74) is -0.359. The molecule has 1 aromatic carbocycles. The van der Waals surface area contributed by atoms with E-state index in [-0.39, 0.29) is 28.3 Å². The first-order valence-electron chi connectivity index (χ1n) is 6.98. The SMILES string of the molecule is Cn1c(=O)c2c([nH]c(=S)n2CC(=O)c2ccc(F)cc2)n(C)c1=O. The summed E-state index contributed by atoms with van der Waals surface area (Å²) >= 11 is 5.18. The van der Waals surface area contributed by atoms with Gasteiger partial charge in [0.1, 0.15) is 11.5 Å². The first-order valence-corrected chi connectivity index (χ1v) is 7.39. The van der Waals surface area contributed by atoms with Crippen LogP contribution in [0.2, 0.25) is 0 Å². The normalized spacial score (nSPS) is 11.1. The summed E-state index contributed by atoms with van der Waals surface area (Å²) < 4.78 is 16.7. The first kappa shape index (κ1) is 16.1. The molecule has 0 spiro atoms. The molecule has 0 radical (unpaired) electrons. The molecule has 0 bridgehead atoms. The van der Waals surface area contributed by atoms with Crippen LogP contribution in [-0.2, 0) is 20.6 Å². The van der Waals surface area contributed by atoms with E-state index in [9.17, 15) is 18.8 Å². The number of aromatic nitrogens is 4. The highest BCUT2D eigenvalue weighted by Crippen LogP contribution is 2.11. The summed E-state index contributed by atoms with van der Waals surface area (Å²) in [6.45, 7) is -0.197. The number of nitrogens with one attached hydrogen (secondary N) is 1. The Morgan fingerprint density at radius 2 is 1.79 bits per heavy atom. The van der Waals surface area contributed by atoms with Crippen molar-refractivity contribution in [1.29, 1.82) is 0 Å². The van der Waals surface area contributed by atoms with Crippen molar-refractivity contribution in [3.05, 3.63) is 61.3 Å². The molecule has 2 heterocycles. The van der Waals surface area contributed by atoms with E-state index in [0.29, 0.717) is 5.56 Å². The molecular formula is C15H13FN4O3S. The predicted molar refractivity (Wildman–Crippen MR) is 88.3 cm³/mol. The van der Waals surface area contributed by atoms with E-state index in [0.717, 1.165) is 4.57 Å². The van der Waals surface area contributed by atoms with E-state index >= 15 is 0 Å². The Balaban J connectivity index is 2.17. The van der Waals surface area contributed by atoms with Crippen molar-refractivity contribution >= 4 is 29.2 Å². The molecule has 0 saturated heterocycles. The number of imidazole rings is 1. The Morgan fingerprint density at radius 1 is 1.17 bits per heavy atom. The van der Waals surface area contributed by atoms with Gasteiger partial charge in [0.2, 0.25) is 0 Å². The Hall–Kier alpha value is -2.81. The lowest BCUT2D eigenvalue weighted by atomic mass is 10.1. The average molecular weight is 348 g/mol. The highest BCUT2D eigenvalue weighted by molar-refractivity contribution is 7.71. The zero-order valence-electron chi connectivity index (χ0n) is 12.9. The lowest BCUT2D eigenvalue weighted by Gasteiger charge is -2.06. The minimum absolute atomic E-state index is 0.139. The molecule has 9 heteroatoms. The number of Topliss-reactive ketones (excluding diaryl/α,β-unsaturated/α-hetero) is 1. The van der Waals surface area contributed by atoms with Crippen LogP contribution in [0.3, 0.4) is 0 Å². The predicted octanol–water partition coefficient (Wildman–Crippen LogP) is 1.12. The maximum Gasteiger partial charge on any atom is 0.332 e. The van der Waals surface area contributed by atoms with Gasteiger partial charge < -0.3 is 9.55 Å². The number of hydrogen-bond donors (Lipinski definition) is 1. The van der Waals surface area contributed by atoms with Gasteiger partial charge in [0, 0.05) is 19.7 Å². The van der Waals surface area contributed by atoms with Crippen LogP contribution in [0.25, 0.3) is 11.2 Å². The van der Waals surface area contributed by atoms with Gasteiger partial charge in [-0.25, -0.2) is 9.18 Å². The Morgan fingerprint density at radius 3 is 2.42 bits per heavy atom. The van der Waals surface area contributed by atoms with Gasteiger partial charge in [-0.2, -0.15) is 0 Å². The number of hydrogen-bond acceptors (Lipinski definition) is 4. The van der Waals surface area contributed by atoms with Crippen LogP contribution >= 0.6 is 12.2 Å². The van der Waals surface area contributed by atoms with Gasteiger partial charge >= 0.3 is 5.69 Å². The van der Waals surface area contributed by atoms with Crippen LogP contribution in [0.15, 0.2) is 33.9 Å². The van der Waals surface area contributed by atoms with Crippen LogP contribution in [-0.4, -0.2) is 24.5 Å². The number of H-pyrrole nitrogens is 1. The summed E-state index contributed by atoms with van der Waals surface area (Å²) in [7, 11) is 2.85. The smallest absolute Gasteiger partial charge is 0.316 e. The Kier molecular flexibility index (Phi) is 3.80. The highest BCUT2D eigenvalue weighted by atomic mass is 32.1. The third-order valence-electron chi connectivity index (χ3n) is 3.85. The van der Waals surface area contributed by atoms with Gasteiger partial charge in [0.25, 0.3) is 5.56 Å². The molecule has 3 aromatic rings. The average Bonchev–Trinajstić information content (AvgIpc) is 2.88. The third-order valence-corrected chi connectivity index (χ3v) is 4.17. The van der Waals surface area contributed by atoms with Crippen LogP contribution in [0.4, 0.5) is 4.39 Å². The summed E-state index contributed by atoms with van der Waals surface area (Å²) in [6, 6.07) is 5.10. The van der Waals surface area contributed by atoms with Crippen molar-refractivity contribution in [3.8, 4) is 0 Å². The summed E-state index contributed by atoms with van der Waals surface area (Å²) in [4.78, 5) is 39.5. The van der Waals surface area contributed by atoms with Crippen molar-refractivity contribution in [2.24, 2.45) is 14.1 Å². The fourth-order valence-electron chi connectivity index (χ4n) is 2.50. The molecule has 0 aliphatic carbocycles. The Labute approximate surface area is 139 Å². The maximum atomic E-state index is 13.0. The number of aromatic amines is 1. The molecule has 0 atom stereocenters. The fourth-order valence-corrected chi connectivity index (χ4v) is 2.76. The van der Waals surface area contributed by atoms with Gasteiger partial charge in [0.05, 0.1) is 6.54 Å². The van der Waals surface area contributed by atoms with Crippen molar-refractivity contribution in [1.82, 2.24) is 18.7 Å². The summed E-state index contributed by atoms with van der Waals surface area (Å²) in [6.07, 6.45) is 0. The molecule has 124 valence electrons. The van der Waals surface area contributed by atoms with E-state index in [4.69, 9.17) is 12.2 Å². The molecule has 24 heavy (non-hydrogen) atoms. The van der Waals surface area contributed by atoms with Crippen LogP contribution in [0.1, 0.15) is 10.4 Å². The molecule has 0 amide bonds. The molecule has 0 saturated carbocycles. The third kappa shape index (κ3) is 2.42. The number of nitrogens with zero attached hydrogens (tertiary/aromatic N) is 3. The number of halogens is 1. The van der Waals surface area contributed by atoms with Crippen molar-refractivity contribution in [2.45, 2.75) is 6.54 Å². The van der Waals surface area contributed by atoms with Crippen LogP contribution < -0.4 is 11.2 Å². The lowest BCUT2D eigenvalue weighted by molar-refractivity contribution is 0.0973. The summed E-state index contributed by atoms with van der Waals surface area (Å²) in [5, 5.41) is 0. The van der Waals surface area contributed by atoms with E-state index in [1.807, 2.05) is 0 Å². The second-order valence-electron chi connectivity index (χ2n) is 5.35. The van der Waals surface area contributed by atoms with Crippen molar-refractivity contribution in [3.63, 3.8) is 0 Å². The minimum Gasteiger partial charge on any atom is -0.316 e. The van der Waals surface area contributed by atoms with Crippen molar-refractivity contribution in [2.75, 3.05) is 0 Å². The lowest BCUT2D eigenvalue weighted by Crippen LogP contribution is -2.37. The van der Waals surface area contributed by atoms with E-state index in [1.165, 1.54) is 47.5 Å². The molecule has 2 aromatic heterocycles. The molecule has 3 rings (SSSR count). The number of aryl methyl sites for hydroxylation is 1. The van der Waals surface area contributed by atoms with E-state index in [1.54, 1.807) is 0 Å². The highest BCUT2D eigenvalue weighted by Gasteiger charge is 2.17. The van der Waals surface area contributed by atoms with Crippen molar-refractivity contribution < 1.29 is 9.18 Å². The molecule has 0 aliphatic rings. The molecule has 0 fully saturated rings. The maximum absolute atomic E-state index is 13.0. The monoisotopic (exact) mass is 348 g/mol. The second-order valence-corrected chi connectivity index (χ2v) is 5.74. The number of fused-ring (bicyclic) bond motifs is 1. The molecular weight excluding hydrogens is 335 g/mol. The van der Waals surface area contributed by atoms with Gasteiger partial charge in [-0.05, 0) is 36.5 Å². The topological polar surface area (TPSA) is 81.8 Å². The molecule has 0 unspecified atom stereocenters. The molecule has 0 aliphatic heterocycles. The minimum atomic E-state index is -0.549. The van der Waals surface area contributed by atoms with Gasteiger partial charge in [-0.15, -0.1) is 0 Å². The Bertz CT molecular complexity index is 1130. The number of rotatable bonds is 3. The van der Waals surface area contributed by atoms with Gasteiger partial charge in [-0.3, -0.25) is 18.7 Å². The van der Waals surface area contributed by atoms with Crippen LogP contribution in [0, 0.1) is 10.6 Å². The van der Waals surface area contributed by atoms with Gasteiger partial charge in [0.15, 0.2) is 16.1 Å². The molecule has 1 N–H and O–H groups in total. The first-order chi connectivity index (χ1) is 11.3. The second kappa shape index (κ2) is 5.68. The number of carbonyl (C=O) groups excluding carboxylic acids is 1.